The molecule has 0 amide bonds. The molecule has 1 unspecified atom stereocenters. The fourth-order valence-corrected chi connectivity index (χ4v) is 5.24. The molecule has 1 aliphatic carbocycles. The molecule has 3 rings (SSSR count). The Balaban J connectivity index is 1.71. The van der Waals surface area contributed by atoms with Gasteiger partial charge in [0.1, 0.15) is 5.82 Å². The maximum Gasteiger partial charge on any atom is 0.354 e. The Bertz CT molecular complexity index is 701. The average Bonchev–Trinajstić information content (AvgIpc) is 3.07. The molecule has 0 aromatic carbocycles. The van der Waals surface area contributed by atoms with Crippen LogP contribution in [0.3, 0.4) is 0 Å². The van der Waals surface area contributed by atoms with Gasteiger partial charge in [0.2, 0.25) is 10.0 Å². The normalized spacial score (nSPS) is 22.7. The van der Waals surface area contributed by atoms with Crippen LogP contribution in [0.1, 0.15) is 49.0 Å². The quantitative estimate of drug-likeness (QED) is 0.834. The van der Waals surface area contributed by atoms with Crippen molar-refractivity contribution in [2.45, 2.75) is 49.8 Å². The summed E-state index contributed by atoms with van der Waals surface area (Å²) < 4.78 is 28.1. The molecule has 2 heterocycles. The third-order valence-corrected chi connectivity index (χ3v) is 6.70. The first-order valence-electron chi connectivity index (χ1n) is 8.42. The van der Waals surface area contributed by atoms with Crippen LogP contribution in [-0.4, -0.2) is 48.9 Å². The number of pyridine rings is 1. The number of sulfonamides is 1. The van der Waals surface area contributed by atoms with Crippen LogP contribution >= 0.6 is 0 Å². The summed E-state index contributed by atoms with van der Waals surface area (Å²) in [6, 6.07) is 4.87. The summed E-state index contributed by atoms with van der Waals surface area (Å²) in [5.41, 5.74) is -0.0263. The molecule has 1 saturated heterocycles. The molecule has 7 nitrogen and oxygen atoms in total. The summed E-state index contributed by atoms with van der Waals surface area (Å²) in [4.78, 5) is 17.1. The molecular weight excluding hydrogens is 330 g/mol. The molecule has 2 N–H and O–H groups in total. The molecule has 0 radical (unpaired) electrons. The number of hydrogen-bond donors (Lipinski definition) is 2. The summed E-state index contributed by atoms with van der Waals surface area (Å²) in [5, 5.41) is 8.58. The van der Waals surface area contributed by atoms with Crippen molar-refractivity contribution in [2.24, 2.45) is 0 Å². The predicted molar refractivity (Wildman–Crippen MR) is 90.7 cm³/mol. The van der Waals surface area contributed by atoms with Gasteiger partial charge in [0.15, 0.2) is 5.69 Å². The highest BCUT2D eigenvalue weighted by Gasteiger charge is 2.33. The largest absolute Gasteiger partial charge is 0.477 e. The van der Waals surface area contributed by atoms with E-state index in [1.54, 1.807) is 12.1 Å². The van der Waals surface area contributed by atoms with Crippen LogP contribution in [-0.2, 0) is 10.0 Å². The highest BCUT2D eigenvalue weighted by atomic mass is 32.2. The molecule has 24 heavy (non-hydrogen) atoms. The van der Waals surface area contributed by atoms with Gasteiger partial charge in [-0.1, -0.05) is 18.9 Å². The summed E-state index contributed by atoms with van der Waals surface area (Å²) in [5.74, 6) is -0.559. The van der Waals surface area contributed by atoms with Crippen LogP contribution in [0.2, 0.25) is 0 Å². The predicted octanol–water partition coefficient (Wildman–Crippen LogP) is 1.61. The number of nitrogens with zero attached hydrogens (tertiary/aromatic N) is 2. The molecule has 1 aliphatic heterocycles. The summed E-state index contributed by atoms with van der Waals surface area (Å²) >= 11 is 0. The van der Waals surface area contributed by atoms with Gasteiger partial charge >= 0.3 is 5.97 Å². The molecular formula is C16H23N3O4S. The van der Waals surface area contributed by atoms with Gasteiger partial charge in [-0.3, -0.25) is 0 Å². The Morgan fingerprint density at radius 3 is 2.67 bits per heavy atom. The van der Waals surface area contributed by atoms with Crippen LogP contribution in [0.5, 0.6) is 0 Å². The van der Waals surface area contributed by atoms with Gasteiger partial charge in [0, 0.05) is 19.1 Å². The SMILES string of the molecule is O=C(O)c1cccc(N2CCCC(S(=O)(=O)NC3CCCC3)C2)n1. The van der Waals surface area contributed by atoms with Gasteiger partial charge in [-0.05, 0) is 37.8 Å². The number of carboxylic acid groups (broad SMARTS) is 1. The van der Waals surface area contributed by atoms with Gasteiger partial charge in [0.05, 0.1) is 5.25 Å². The number of piperidine rings is 1. The smallest absolute Gasteiger partial charge is 0.354 e. The van der Waals surface area contributed by atoms with E-state index in [9.17, 15) is 13.2 Å². The Morgan fingerprint density at radius 1 is 1.21 bits per heavy atom. The number of aromatic nitrogens is 1. The minimum Gasteiger partial charge on any atom is -0.477 e. The molecule has 1 aromatic rings. The molecule has 1 saturated carbocycles. The van der Waals surface area contributed by atoms with Crippen LogP contribution in [0.4, 0.5) is 5.82 Å². The third kappa shape index (κ3) is 3.87. The molecule has 1 atom stereocenters. The summed E-state index contributed by atoms with van der Waals surface area (Å²) in [6.45, 7) is 1.03. The Hall–Kier alpha value is -1.67. The zero-order valence-electron chi connectivity index (χ0n) is 13.5. The lowest BCUT2D eigenvalue weighted by molar-refractivity contribution is 0.0690. The number of rotatable bonds is 5. The lowest BCUT2D eigenvalue weighted by atomic mass is 10.1. The van der Waals surface area contributed by atoms with Crippen molar-refractivity contribution in [3.8, 4) is 0 Å². The number of hydrogen-bond acceptors (Lipinski definition) is 5. The van der Waals surface area contributed by atoms with Gasteiger partial charge in [-0.2, -0.15) is 0 Å². The number of aromatic carboxylic acids is 1. The fourth-order valence-electron chi connectivity index (χ4n) is 3.49. The molecule has 8 heteroatoms. The van der Waals surface area contributed by atoms with Crippen LogP contribution in [0, 0.1) is 0 Å². The number of nitrogens with one attached hydrogen (secondary N) is 1. The molecule has 132 valence electrons. The first kappa shape index (κ1) is 17.2. The van der Waals surface area contributed by atoms with Crippen LogP contribution in [0.25, 0.3) is 0 Å². The maximum absolute atomic E-state index is 12.6. The Labute approximate surface area is 142 Å². The minimum absolute atomic E-state index is 0.0263. The van der Waals surface area contributed by atoms with Crippen molar-refractivity contribution in [1.82, 2.24) is 9.71 Å². The second kappa shape index (κ2) is 7.06. The molecule has 0 spiro atoms. The molecule has 0 bridgehead atoms. The lowest BCUT2D eigenvalue weighted by Crippen LogP contribution is -2.48. The van der Waals surface area contributed by atoms with Crippen LogP contribution in [0.15, 0.2) is 18.2 Å². The minimum atomic E-state index is -3.37. The van der Waals surface area contributed by atoms with Gasteiger partial charge in [-0.15, -0.1) is 0 Å². The first-order valence-corrected chi connectivity index (χ1v) is 9.97. The Morgan fingerprint density at radius 2 is 1.96 bits per heavy atom. The van der Waals surface area contributed by atoms with Crippen molar-refractivity contribution in [1.29, 1.82) is 0 Å². The van der Waals surface area contributed by atoms with Crippen LogP contribution < -0.4 is 9.62 Å². The van der Waals surface area contributed by atoms with Crippen molar-refractivity contribution in [2.75, 3.05) is 18.0 Å². The second-order valence-corrected chi connectivity index (χ2v) is 8.53. The van der Waals surface area contributed by atoms with E-state index in [4.69, 9.17) is 5.11 Å². The zero-order valence-corrected chi connectivity index (χ0v) is 14.3. The molecule has 2 fully saturated rings. The van der Waals surface area contributed by atoms with E-state index in [0.29, 0.717) is 25.3 Å². The zero-order chi connectivity index (χ0) is 17.2. The number of carboxylic acids is 1. The van der Waals surface area contributed by atoms with E-state index in [1.165, 1.54) is 6.07 Å². The van der Waals surface area contributed by atoms with E-state index >= 15 is 0 Å². The van der Waals surface area contributed by atoms with Gasteiger partial charge < -0.3 is 10.0 Å². The lowest BCUT2D eigenvalue weighted by Gasteiger charge is -2.33. The monoisotopic (exact) mass is 353 g/mol. The topological polar surface area (TPSA) is 99.6 Å². The van der Waals surface area contributed by atoms with Crippen molar-refractivity contribution < 1.29 is 18.3 Å². The van der Waals surface area contributed by atoms with Crippen molar-refractivity contribution >= 4 is 21.8 Å². The number of carbonyl (C=O) groups is 1. The highest BCUT2D eigenvalue weighted by Crippen LogP contribution is 2.24. The number of anilines is 1. The Kier molecular flexibility index (Phi) is 5.05. The van der Waals surface area contributed by atoms with E-state index < -0.39 is 21.2 Å². The van der Waals surface area contributed by atoms with Crippen molar-refractivity contribution in [3.05, 3.63) is 23.9 Å². The first-order chi connectivity index (χ1) is 11.5. The highest BCUT2D eigenvalue weighted by molar-refractivity contribution is 7.90. The standard InChI is InChI=1S/C16H23N3O4S/c20-16(21)14-8-3-9-15(17-14)19-10-4-7-13(11-19)24(22,23)18-12-5-1-2-6-12/h3,8-9,12-13,18H,1-2,4-7,10-11H2,(H,20,21). The maximum atomic E-state index is 12.6. The third-order valence-electron chi connectivity index (χ3n) is 4.78. The summed E-state index contributed by atoms with van der Waals surface area (Å²) in [7, 11) is -3.37. The van der Waals surface area contributed by atoms with Gasteiger partial charge in [-0.25, -0.2) is 22.9 Å². The molecule has 1 aromatic heterocycles. The van der Waals surface area contributed by atoms with E-state index in [1.807, 2.05) is 4.90 Å². The molecule has 2 aliphatic rings. The van der Waals surface area contributed by atoms with E-state index in [-0.39, 0.29) is 11.7 Å². The summed E-state index contributed by atoms with van der Waals surface area (Å²) in [6.07, 6.45) is 5.36. The second-order valence-electron chi connectivity index (χ2n) is 6.54. The van der Waals surface area contributed by atoms with E-state index in [0.717, 1.165) is 32.1 Å². The van der Waals surface area contributed by atoms with Crippen molar-refractivity contribution in [3.63, 3.8) is 0 Å². The fraction of sp³-hybridized carbons (Fsp3) is 0.625. The average molecular weight is 353 g/mol. The van der Waals surface area contributed by atoms with E-state index in [2.05, 4.69) is 9.71 Å². The van der Waals surface area contributed by atoms with Gasteiger partial charge in [0.25, 0.3) is 0 Å².